The number of sulfonamides is 1. The largest absolute Gasteiger partial charge is 0.349 e. The lowest BCUT2D eigenvalue weighted by Crippen LogP contribution is -2.25. The van der Waals surface area contributed by atoms with Crippen molar-refractivity contribution >= 4 is 33.2 Å². The fraction of sp³-hybridized carbons (Fsp3) is 0.235. The van der Waals surface area contributed by atoms with Crippen molar-refractivity contribution in [3.63, 3.8) is 0 Å². The molecule has 1 aliphatic carbocycles. The number of benzene rings is 2. The van der Waals surface area contributed by atoms with Crippen molar-refractivity contribution in [1.29, 1.82) is 0 Å². The standard InChI is InChI=1S/C17H17ClN2O3S/c1-11-10-13(18)4-9-16(11)20-24(22,23)15-7-2-12(3-8-15)17(21)19-14-5-6-14/h2-4,7-10,14,20H,5-6H2,1H3,(H,19,21). The molecule has 0 atom stereocenters. The van der Waals surface area contributed by atoms with Gasteiger partial charge in [-0.15, -0.1) is 0 Å². The van der Waals surface area contributed by atoms with Crippen LogP contribution in [-0.2, 0) is 10.0 Å². The summed E-state index contributed by atoms with van der Waals surface area (Å²) in [5, 5.41) is 3.41. The van der Waals surface area contributed by atoms with Crippen LogP contribution in [0.15, 0.2) is 47.4 Å². The Balaban J connectivity index is 1.77. The summed E-state index contributed by atoms with van der Waals surface area (Å²) in [7, 11) is -3.73. The van der Waals surface area contributed by atoms with Crippen molar-refractivity contribution in [1.82, 2.24) is 5.32 Å². The Morgan fingerprint density at radius 3 is 2.38 bits per heavy atom. The second-order valence-electron chi connectivity index (χ2n) is 5.84. The second-order valence-corrected chi connectivity index (χ2v) is 7.96. The number of amides is 1. The van der Waals surface area contributed by atoms with Crippen LogP contribution in [-0.4, -0.2) is 20.4 Å². The molecule has 0 saturated heterocycles. The topological polar surface area (TPSA) is 75.3 Å². The van der Waals surface area contributed by atoms with Gasteiger partial charge in [-0.1, -0.05) is 11.6 Å². The minimum absolute atomic E-state index is 0.0971. The van der Waals surface area contributed by atoms with E-state index in [-0.39, 0.29) is 16.8 Å². The lowest BCUT2D eigenvalue weighted by molar-refractivity contribution is 0.0951. The fourth-order valence-corrected chi connectivity index (χ4v) is 3.58. The van der Waals surface area contributed by atoms with Crippen LogP contribution in [0.2, 0.25) is 5.02 Å². The van der Waals surface area contributed by atoms with E-state index in [9.17, 15) is 13.2 Å². The van der Waals surface area contributed by atoms with Crippen molar-refractivity contribution in [3.05, 3.63) is 58.6 Å². The molecule has 0 radical (unpaired) electrons. The van der Waals surface area contributed by atoms with Gasteiger partial charge in [0.25, 0.3) is 15.9 Å². The Hall–Kier alpha value is -2.05. The maximum Gasteiger partial charge on any atom is 0.261 e. The molecule has 7 heteroatoms. The summed E-state index contributed by atoms with van der Waals surface area (Å²) in [4.78, 5) is 12.0. The molecule has 1 saturated carbocycles. The number of halogens is 1. The van der Waals surface area contributed by atoms with Gasteiger partial charge < -0.3 is 5.32 Å². The molecule has 1 amide bonds. The number of nitrogens with one attached hydrogen (secondary N) is 2. The molecule has 0 heterocycles. The molecule has 2 N–H and O–H groups in total. The first-order valence-corrected chi connectivity index (χ1v) is 9.41. The van der Waals surface area contributed by atoms with Gasteiger partial charge in [-0.3, -0.25) is 9.52 Å². The molecular weight excluding hydrogens is 348 g/mol. The Morgan fingerprint density at radius 2 is 1.79 bits per heavy atom. The molecule has 0 spiro atoms. The smallest absolute Gasteiger partial charge is 0.261 e. The zero-order valence-corrected chi connectivity index (χ0v) is 14.6. The van der Waals surface area contributed by atoms with Gasteiger partial charge in [0.1, 0.15) is 0 Å². The Kier molecular flexibility index (Phi) is 4.51. The predicted octanol–water partition coefficient (Wildman–Crippen LogP) is 3.34. The summed E-state index contributed by atoms with van der Waals surface area (Å²) in [6.45, 7) is 1.77. The number of hydrogen-bond acceptors (Lipinski definition) is 3. The first-order chi connectivity index (χ1) is 11.3. The minimum atomic E-state index is -3.73. The van der Waals surface area contributed by atoms with Crippen molar-refractivity contribution < 1.29 is 13.2 Å². The van der Waals surface area contributed by atoms with Crippen LogP contribution < -0.4 is 10.0 Å². The average Bonchev–Trinajstić information content (AvgIpc) is 3.34. The summed E-state index contributed by atoms with van der Waals surface area (Å²) in [6, 6.07) is 11.1. The van der Waals surface area contributed by atoms with E-state index in [0.717, 1.165) is 18.4 Å². The van der Waals surface area contributed by atoms with Gasteiger partial charge in [0.05, 0.1) is 10.6 Å². The Morgan fingerprint density at radius 1 is 1.12 bits per heavy atom. The van der Waals surface area contributed by atoms with E-state index in [0.29, 0.717) is 16.3 Å². The molecule has 24 heavy (non-hydrogen) atoms. The van der Waals surface area contributed by atoms with Crippen LogP contribution in [0.5, 0.6) is 0 Å². The molecule has 0 aromatic heterocycles. The maximum absolute atomic E-state index is 12.5. The van der Waals surface area contributed by atoms with Gasteiger partial charge in [0.15, 0.2) is 0 Å². The molecule has 3 rings (SSSR count). The van der Waals surface area contributed by atoms with E-state index in [4.69, 9.17) is 11.6 Å². The quantitative estimate of drug-likeness (QED) is 0.854. The zero-order valence-electron chi connectivity index (χ0n) is 13.0. The number of carbonyl (C=O) groups is 1. The van der Waals surface area contributed by atoms with Gasteiger partial charge in [0, 0.05) is 16.6 Å². The van der Waals surface area contributed by atoms with Crippen LogP contribution in [0.1, 0.15) is 28.8 Å². The highest BCUT2D eigenvalue weighted by Gasteiger charge is 2.24. The maximum atomic E-state index is 12.5. The third kappa shape index (κ3) is 3.88. The highest BCUT2D eigenvalue weighted by atomic mass is 35.5. The Bertz CT molecular complexity index is 875. The number of rotatable bonds is 5. The lowest BCUT2D eigenvalue weighted by Gasteiger charge is -2.11. The first-order valence-electron chi connectivity index (χ1n) is 7.55. The van der Waals surface area contributed by atoms with Crippen LogP contribution >= 0.6 is 11.6 Å². The molecule has 126 valence electrons. The summed E-state index contributed by atoms with van der Waals surface area (Å²) < 4.78 is 27.5. The van der Waals surface area contributed by atoms with Crippen molar-refractivity contribution in [2.24, 2.45) is 0 Å². The van der Waals surface area contributed by atoms with Crippen molar-refractivity contribution in [2.45, 2.75) is 30.7 Å². The predicted molar refractivity (Wildman–Crippen MR) is 93.9 cm³/mol. The molecule has 2 aromatic rings. The third-order valence-corrected chi connectivity index (χ3v) is 5.39. The average molecular weight is 365 g/mol. The molecule has 5 nitrogen and oxygen atoms in total. The van der Waals surface area contributed by atoms with Crippen LogP contribution in [0.25, 0.3) is 0 Å². The molecular formula is C17H17ClN2O3S. The SMILES string of the molecule is Cc1cc(Cl)ccc1NS(=O)(=O)c1ccc(C(=O)NC2CC2)cc1. The van der Waals surface area contributed by atoms with Crippen LogP contribution in [0.3, 0.4) is 0 Å². The summed E-state index contributed by atoms with van der Waals surface area (Å²) in [5.41, 5.74) is 1.64. The van der Waals surface area contributed by atoms with E-state index < -0.39 is 10.0 Å². The highest BCUT2D eigenvalue weighted by molar-refractivity contribution is 7.92. The number of anilines is 1. The molecule has 1 fully saturated rings. The molecule has 0 bridgehead atoms. The van der Waals surface area contributed by atoms with Gasteiger partial charge in [-0.2, -0.15) is 0 Å². The monoisotopic (exact) mass is 364 g/mol. The van der Waals surface area contributed by atoms with E-state index >= 15 is 0 Å². The van der Waals surface area contributed by atoms with Crippen molar-refractivity contribution in [2.75, 3.05) is 4.72 Å². The van der Waals surface area contributed by atoms with Gasteiger partial charge in [-0.05, 0) is 67.8 Å². The van der Waals surface area contributed by atoms with Crippen molar-refractivity contribution in [3.8, 4) is 0 Å². The summed E-state index contributed by atoms with van der Waals surface area (Å²) in [6.07, 6.45) is 2.01. The minimum Gasteiger partial charge on any atom is -0.349 e. The van der Waals surface area contributed by atoms with E-state index in [1.54, 1.807) is 25.1 Å². The van der Waals surface area contributed by atoms with Gasteiger partial charge in [0.2, 0.25) is 0 Å². The summed E-state index contributed by atoms with van der Waals surface area (Å²) in [5.74, 6) is -0.178. The number of carbonyl (C=O) groups excluding carboxylic acids is 1. The van der Waals surface area contributed by atoms with Gasteiger partial charge in [-0.25, -0.2) is 8.42 Å². The van der Waals surface area contributed by atoms with E-state index in [2.05, 4.69) is 10.0 Å². The van der Waals surface area contributed by atoms with Gasteiger partial charge >= 0.3 is 0 Å². The van der Waals surface area contributed by atoms with Crippen LogP contribution in [0.4, 0.5) is 5.69 Å². The number of hydrogen-bond donors (Lipinski definition) is 2. The lowest BCUT2D eigenvalue weighted by atomic mass is 10.2. The van der Waals surface area contributed by atoms with E-state index in [1.807, 2.05) is 0 Å². The Labute approximate surface area is 146 Å². The molecule has 0 unspecified atom stereocenters. The molecule has 1 aliphatic rings. The number of aryl methyl sites for hydroxylation is 1. The summed E-state index contributed by atoms with van der Waals surface area (Å²) >= 11 is 5.88. The fourth-order valence-electron chi connectivity index (χ4n) is 2.23. The first kappa shape index (κ1) is 16.8. The zero-order chi connectivity index (χ0) is 17.3. The molecule has 0 aliphatic heterocycles. The highest BCUT2D eigenvalue weighted by Crippen LogP contribution is 2.23. The normalized spacial score (nSPS) is 14.2. The second kappa shape index (κ2) is 6.45. The van der Waals surface area contributed by atoms with E-state index in [1.165, 1.54) is 24.3 Å². The van der Waals surface area contributed by atoms with Crippen LogP contribution in [0, 0.1) is 6.92 Å². The molecule has 2 aromatic carbocycles. The third-order valence-electron chi connectivity index (χ3n) is 3.77.